The molecule has 0 aliphatic heterocycles. The third-order valence-corrected chi connectivity index (χ3v) is 6.09. The van der Waals surface area contributed by atoms with Gasteiger partial charge in [-0.15, -0.1) is 24.8 Å². The molecule has 0 spiro atoms. The Labute approximate surface area is 257 Å². The molecule has 0 unspecified atom stereocenters. The zero-order chi connectivity index (χ0) is 29.4. The molecule has 0 aliphatic carbocycles. The predicted molar refractivity (Wildman–Crippen MR) is 168 cm³/mol. The van der Waals surface area contributed by atoms with E-state index >= 15 is 0 Å². The van der Waals surface area contributed by atoms with Crippen molar-refractivity contribution in [2.75, 3.05) is 26.0 Å². The fourth-order valence-electron chi connectivity index (χ4n) is 4.24. The van der Waals surface area contributed by atoms with Gasteiger partial charge in [-0.1, -0.05) is 19.9 Å². The Morgan fingerprint density at radius 3 is 2.14 bits per heavy atom. The number of benzene rings is 2. The average molecular weight is 620 g/mol. The standard InChI is InChI=1S/C29H34N6O5.2ClH/c1-16(2)13-20(15-32-3)34-27(36)18-7-10-21(23(14-18)29(38)39)22-11-12-24(40-4)35-25(22)28(37)33-19-8-5-17(6-9-19)26(30)31;;/h5-12,14,16,20,32H,13,15H2,1-4H3,(H3,30,31)(H,33,37)(H,34,36)(H,38,39);2*1H/t20-;;/m0../s1. The zero-order valence-corrected chi connectivity index (χ0v) is 25.3. The van der Waals surface area contributed by atoms with Crippen LogP contribution in [0.5, 0.6) is 5.88 Å². The normalized spacial score (nSPS) is 11.0. The number of hydrogen-bond acceptors (Lipinski definition) is 7. The first-order chi connectivity index (χ1) is 19.0. The first-order valence-corrected chi connectivity index (χ1v) is 12.7. The van der Waals surface area contributed by atoms with Gasteiger partial charge in [-0.2, -0.15) is 0 Å². The Morgan fingerprint density at radius 1 is 0.976 bits per heavy atom. The number of pyridine rings is 1. The molecule has 11 nitrogen and oxygen atoms in total. The Bertz CT molecular complexity index is 1420. The van der Waals surface area contributed by atoms with E-state index in [2.05, 4.69) is 34.8 Å². The van der Waals surface area contributed by atoms with Crippen molar-refractivity contribution in [3.63, 3.8) is 0 Å². The van der Waals surface area contributed by atoms with Crippen LogP contribution in [0.4, 0.5) is 5.69 Å². The number of amidine groups is 1. The number of aromatic carboxylic acids is 1. The fraction of sp³-hybridized carbons (Fsp3) is 0.276. The van der Waals surface area contributed by atoms with Gasteiger partial charge in [-0.25, -0.2) is 9.78 Å². The van der Waals surface area contributed by atoms with Crippen LogP contribution >= 0.6 is 24.8 Å². The molecule has 0 aliphatic rings. The number of halogens is 2. The Balaban J connectivity index is 0.00000441. The number of nitrogen functional groups attached to an aromatic ring is 1. The van der Waals surface area contributed by atoms with Gasteiger partial charge in [0.25, 0.3) is 11.8 Å². The minimum atomic E-state index is -1.26. The first kappa shape index (κ1) is 35.8. The summed E-state index contributed by atoms with van der Waals surface area (Å²) in [4.78, 5) is 42.9. The SMILES string of the molecule is CNC[C@H](CC(C)C)NC(=O)c1ccc(-c2ccc(OC)nc2C(=O)Nc2ccc(C(=N)N)cc2)c(C(=O)O)c1.Cl.Cl. The molecule has 42 heavy (non-hydrogen) atoms. The highest BCUT2D eigenvalue weighted by Crippen LogP contribution is 2.30. The largest absolute Gasteiger partial charge is 0.481 e. The molecule has 0 bridgehead atoms. The summed E-state index contributed by atoms with van der Waals surface area (Å²) in [5, 5.41) is 26.3. The Hall–Kier alpha value is -4.19. The number of nitrogens with zero attached hydrogens (tertiary/aromatic N) is 1. The highest BCUT2D eigenvalue weighted by Gasteiger charge is 2.23. The van der Waals surface area contributed by atoms with Gasteiger partial charge >= 0.3 is 5.97 Å². The molecule has 7 N–H and O–H groups in total. The third-order valence-electron chi connectivity index (χ3n) is 6.09. The number of amides is 2. The monoisotopic (exact) mass is 618 g/mol. The number of carbonyl (C=O) groups is 3. The first-order valence-electron chi connectivity index (χ1n) is 12.7. The lowest BCUT2D eigenvalue weighted by molar-refractivity contribution is 0.0697. The van der Waals surface area contributed by atoms with Gasteiger partial charge in [-0.3, -0.25) is 15.0 Å². The molecule has 1 aromatic heterocycles. The summed E-state index contributed by atoms with van der Waals surface area (Å²) in [6, 6.07) is 13.6. The predicted octanol–water partition coefficient (Wildman–Crippen LogP) is 4.20. The maximum absolute atomic E-state index is 13.3. The lowest BCUT2D eigenvalue weighted by Crippen LogP contribution is -2.42. The lowest BCUT2D eigenvalue weighted by Gasteiger charge is -2.21. The molecule has 0 fully saturated rings. The smallest absolute Gasteiger partial charge is 0.336 e. The highest BCUT2D eigenvalue weighted by atomic mass is 35.5. The molecule has 0 saturated carbocycles. The second kappa shape index (κ2) is 16.3. The van der Waals surface area contributed by atoms with E-state index in [1.165, 1.54) is 31.4 Å². The van der Waals surface area contributed by atoms with Crippen molar-refractivity contribution in [2.24, 2.45) is 11.7 Å². The van der Waals surface area contributed by atoms with E-state index in [9.17, 15) is 19.5 Å². The molecule has 2 amide bonds. The number of nitrogens with two attached hydrogens (primary N) is 1. The number of nitrogens with one attached hydrogen (secondary N) is 4. The van der Waals surface area contributed by atoms with Crippen molar-refractivity contribution in [1.29, 1.82) is 5.41 Å². The van der Waals surface area contributed by atoms with E-state index in [1.54, 1.807) is 37.4 Å². The van der Waals surface area contributed by atoms with Gasteiger partial charge in [0.15, 0.2) is 0 Å². The van der Waals surface area contributed by atoms with Crippen molar-refractivity contribution < 1.29 is 24.2 Å². The second-order valence-electron chi connectivity index (χ2n) is 9.62. The molecule has 1 atom stereocenters. The number of carboxylic acids is 1. The molecule has 13 heteroatoms. The molecule has 2 aromatic carbocycles. The summed E-state index contributed by atoms with van der Waals surface area (Å²) in [6.07, 6.45) is 0.754. The number of rotatable bonds is 12. The third kappa shape index (κ3) is 9.16. The average Bonchev–Trinajstić information content (AvgIpc) is 2.92. The molecule has 0 radical (unpaired) electrons. The molecular weight excluding hydrogens is 583 g/mol. The van der Waals surface area contributed by atoms with Crippen molar-refractivity contribution in [2.45, 2.75) is 26.3 Å². The van der Waals surface area contributed by atoms with Crippen LogP contribution in [-0.4, -0.2) is 60.5 Å². The van der Waals surface area contributed by atoms with Gasteiger partial charge in [0.1, 0.15) is 11.5 Å². The van der Waals surface area contributed by atoms with Gasteiger partial charge < -0.3 is 31.5 Å². The molecule has 3 rings (SSSR count). The number of likely N-dealkylation sites (N-methyl/N-ethyl adjacent to an activating group) is 1. The number of carbonyl (C=O) groups excluding carboxylic acids is 2. The summed E-state index contributed by atoms with van der Waals surface area (Å²) in [5.74, 6) is -1.85. The van der Waals surface area contributed by atoms with E-state index in [0.717, 1.165) is 6.42 Å². The molecule has 3 aromatic rings. The lowest BCUT2D eigenvalue weighted by atomic mass is 9.95. The van der Waals surface area contributed by atoms with Crippen LogP contribution in [0.25, 0.3) is 11.1 Å². The van der Waals surface area contributed by atoms with Crippen molar-refractivity contribution in [3.05, 3.63) is 77.0 Å². The van der Waals surface area contributed by atoms with Crippen molar-refractivity contribution >= 4 is 54.1 Å². The molecule has 0 saturated heterocycles. The molecular formula is C29H36Cl2N6O5. The number of ether oxygens (including phenoxy) is 1. The second-order valence-corrected chi connectivity index (χ2v) is 9.62. The zero-order valence-electron chi connectivity index (χ0n) is 23.7. The van der Waals surface area contributed by atoms with Crippen LogP contribution in [0.1, 0.15) is 57.0 Å². The number of aromatic nitrogens is 1. The van der Waals surface area contributed by atoms with E-state index in [0.29, 0.717) is 23.7 Å². The van der Waals surface area contributed by atoms with Crippen molar-refractivity contribution in [1.82, 2.24) is 15.6 Å². The number of methoxy groups -OCH3 is 1. The Kier molecular flexibility index (Phi) is 13.9. The fourth-order valence-corrected chi connectivity index (χ4v) is 4.24. The van der Waals surface area contributed by atoms with Crippen LogP contribution in [0, 0.1) is 11.3 Å². The summed E-state index contributed by atoms with van der Waals surface area (Å²) < 4.78 is 5.20. The van der Waals surface area contributed by atoms with Crippen LogP contribution in [-0.2, 0) is 0 Å². The van der Waals surface area contributed by atoms with E-state index in [1.807, 2.05) is 0 Å². The molecule has 1 heterocycles. The minimum absolute atomic E-state index is 0. The number of carboxylic acid groups (broad SMARTS) is 1. The van der Waals surface area contributed by atoms with Crippen LogP contribution in [0.3, 0.4) is 0 Å². The van der Waals surface area contributed by atoms with Crippen LogP contribution in [0.2, 0.25) is 0 Å². The molecule has 226 valence electrons. The number of anilines is 1. The van der Waals surface area contributed by atoms with Gasteiger partial charge in [0.05, 0.1) is 12.7 Å². The number of hydrogen-bond donors (Lipinski definition) is 6. The summed E-state index contributed by atoms with van der Waals surface area (Å²) in [7, 11) is 3.20. The topological polar surface area (TPSA) is 180 Å². The van der Waals surface area contributed by atoms with E-state index in [4.69, 9.17) is 15.9 Å². The van der Waals surface area contributed by atoms with Crippen LogP contribution in [0.15, 0.2) is 54.6 Å². The maximum Gasteiger partial charge on any atom is 0.336 e. The summed E-state index contributed by atoms with van der Waals surface area (Å²) >= 11 is 0. The van der Waals surface area contributed by atoms with E-state index < -0.39 is 17.8 Å². The maximum atomic E-state index is 13.3. The Morgan fingerprint density at radius 2 is 1.60 bits per heavy atom. The van der Waals surface area contributed by atoms with Crippen LogP contribution < -0.4 is 26.4 Å². The summed E-state index contributed by atoms with van der Waals surface area (Å²) in [6.45, 7) is 4.69. The van der Waals surface area contributed by atoms with Crippen molar-refractivity contribution in [3.8, 4) is 17.0 Å². The quantitative estimate of drug-likeness (QED) is 0.129. The van der Waals surface area contributed by atoms with Gasteiger partial charge in [-0.05, 0) is 67.4 Å². The van der Waals surface area contributed by atoms with Gasteiger partial charge in [0.2, 0.25) is 5.88 Å². The van der Waals surface area contributed by atoms with Gasteiger partial charge in [0, 0.05) is 41.0 Å². The minimum Gasteiger partial charge on any atom is -0.481 e. The highest BCUT2D eigenvalue weighted by molar-refractivity contribution is 6.10. The van der Waals surface area contributed by atoms with E-state index in [-0.39, 0.29) is 70.5 Å². The summed E-state index contributed by atoms with van der Waals surface area (Å²) in [5.41, 5.74) is 6.83.